The number of aryl methyl sites for hydroxylation is 1. The van der Waals surface area contributed by atoms with Crippen LogP contribution >= 0.6 is 0 Å². The molecule has 0 aliphatic rings. The van der Waals surface area contributed by atoms with E-state index in [0.717, 1.165) is 17.7 Å². The monoisotopic (exact) mass is 328 g/mol. The second kappa shape index (κ2) is 8.52. The molecule has 1 aromatic heterocycles. The van der Waals surface area contributed by atoms with Gasteiger partial charge in [0.25, 0.3) is 0 Å². The van der Waals surface area contributed by atoms with Gasteiger partial charge in [-0.05, 0) is 18.1 Å². The maximum Gasteiger partial charge on any atom is 0.322 e. The molecule has 7 nitrogen and oxygen atoms in total. The molecule has 0 aliphatic heterocycles. The maximum absolute atomic E-state index is 12.5. The van der Waals surface area contributed by atoms with Crippen molar-refractivity contribution in [1.29, 1.82) is 0 Å². The van der Waals surface area contributed by atoms with Gasteiger partial charge in [0.15, 0.2) is 5.82 Å². The van der Waals surface area contributed by atoms with Crippen LogP contribution in [0.5, 0.6) is 0 Å². The van der Waals surface area contributed by atoms with Gasteiger partial charge in [0, 0.05) is 18.3 Å². The summed E-state index contributed by atoms with van der Waals surface area (Å²) in [5.41, 5.74) is 1.76. The highest BCUT2D eigenvalue weighted by atomic mass is 16.5. The van der Waals surface area contributed by atoms with Gasteiger partial charge in [-0.2, -0.15) is 0 Å². The quantitative estimate of drug-likeness (QED) is 0.765. The van der Waals surface area contributed by atoms with Gasteiger partial charge in [-0.15, -0.1) is 6.58 Å². The number of anilines is 2. The SMILES string of the molecule is C=CCN(CC(=O)Nc1ccon1)C(=O)Nc1ccccc1CC. The molecule has 0 atom stereocenters. The van der Waals surface area contributed by atoms with Gasteiger partial charge in [0.05, 0.1) is 0 Å². The summed E-state index contributed by atoms with van der Waals surface area (Å²) in [5.74, 6) is -0.0695. The first-order valence-corrected chi connectivity index (χ1v) is 7.59. The Bertz CT molecular complexity index is 698. The third-order valence-corrected chi connectivity index (χ3v) is 3.32. The van der Waals surface area contributed by atoms with E-state index in [0.29, 0.717) is 5.82 Å². The van der Waals surface area contributed by atoms with E-state index in [4.69, 9.17) is 0 Å². The van der Waals surface area contributed by atoms with Gasteiger partial charge in [0.2, 0.25) is 5.91 Å². The molecule has 0 fully saturated rings. The van der Waals surface area contributed by atoms with E-state index in [1.54, 1.807) is 6.08 Å². The van der Waals surface area contributed by atoms with Crippen LogP contribution in [0.4, 0.5) is 16.3 Å². The summed E-state index contributed by atoms with van der Waals surface area (Å²) < 4.78 is 4.65. The van der Waals surface area contributed by atoms with Crippen LogP contribution in [-0.2, 0) is 11.2 Å². The Balaban J connectivity index is 2.01. The lowest BCUT2D eigenvalue weighted by molar-refractivity contribution is -0.116. The number of carbonyl (C=O) groups excluding carboxylic acids is 2. The van der Waals surface area contributed by atoms with Crippen LogP contribution in [0.25, 0.3) is 0 Å². The lowest BCUT2D eigenvalue weighted by atomic mass is 10.1. The van der Waals surface area contributed by atoms with Crippen LogP contribution in [0, 0.1) is 0 Å². The van der Waals surface area contributed by atoms with Crippen LogP contribution in [0.3, 0.4) is 0 Å². The highest BCUT2D eigenvalue weighted by Gasteiger charge is 2.17. The van der Waals surface area contributed by atoms with E-state index < -0.39 is 0 Å². The second-order valence-electron chi connectivity index (χ2n) is 5.04. The number of hydrogen-bond donors (Lipinski definition) is 2. The number of nitrogens with zero attached hydrogens (tertiary/aromatic N) is 2. The third-order valence-electron chi connectivity index (χ3n) is 3.32. The molecule has 3 amide bonds. The maximum atomic E-state index is 12.5. The van der Waals surface area contributed by atoms with Gasteiger partial charge in [-0.1, -0.05) is 36.4 Å². The summed E-state index contributed by atoms with van der Waals surface area (Å²) in [4.78, 5) is 25.8. The van der Waals surface area contributed by atoms with Gasteiger partial charge >= 0.3 is 6.03 Å². The van der Waals surface area contributed by atoms with Crippen LogP contribution in [-0.4, -0.2) is 35.1 Å². The fourth-order valence-corrected chi connectivity index (χ4v) is 2.15. The molecule has 0 spiro atoms. The Kier molecular flexibility index (Phi) is 6.13. The number of rotatable bonds is 7. The van der Waals surface area contributed by atoms with Crippen molar-refractivity contribution in [3.8, 4) is 0 Å². The molecule has 126 valence electrons. The zero-order chi connectivity index (χ0) is 17.4. The molecule has 24 heavy (non-hydrogen) atoms. The van der Waals surface area contributed by atoms with Crippen molar-refractivity contribution in [3.05, 3.63) is 54.8 Å². The summed E-state index contributed by atoms with van der Waals surface area (Å²) in [7, 11) is 0. The summed E-state index contributed by atoms with van der Waals surface area (Å²) in [6.07, 6.45) is 3.71. The van der Waals surface area contributed by atoms with Gasteiger partial charge in [0.1, 0.15) is 12.8 Å². The molecule has 0 unspecified atom stereocenters. The smallest absolute Gasteiger partial charge is 0.322 e. The third kappa shape index (κ3) is 4.70. The fraction of sp³-hybridized carbons (Fsp3) is 0.235. The Morgan fingerprint density at radius 3 is 2.75 bits per heavy atom. The zero-order valence-electron chi connectivity index (χ0n) is 13.5. The molecule has 2 aromatic rings. The minimum absolute atomic E-state index is 0.126. The molecule has 0 radical (unpaired) electrons. The van der Waals surface area contributed by atoms with Crippen molar-refractivity contribution in [2.24, 2.45) is 0 Å². The Morgan fingerprint density at radius 1 is 1.29 bits per heavy atom. The molecular weight excluding hydrogens is 308 g/mol. The van der Waals surface area contributed by atoms with Crippen molar-refractivity contribution in [1.82, 2.24) is 10.1 Å². The number of nitrogens with one attached hydrogen (secondary N) is 2. The number of benzene rings is 1. The number of carbonyl (C=O) groups is 2. The highest BCUT2D eigenvalue weighted by Crippen LogP contribution is 2.16. The normalized spacial score (nSPS) is 10.0. The molecular formula is C17H20N4O3. The number of para-hydroxylation sites is 1. The van der Waals surface area contributed by atoms with Crippen molar-refractivity contribution >= 4 is 23.4 Å². The summed E-state index contributed by atoms with van der Waals surface area (Å²) in [5, 5.41) is 8.99. The first kappa shape index (κ1) is 17.3. The zero-order valence-corrected chi connectivity index (χ0v) is 13.5. The lowest BCUT2D eigenvalue weighted by Crippen LogP contribution is -2.40. The lowest BCUT2D eigenvalue weighted by Gasteiger charge is -2.21. The largest absolute Gasteiger partial charge is 0.363 e. The van der Waals surface area contributed by atoms with Crippen molar-refractivity contribution in [3.63, 3.8) is 0 Å². The minimum atomic E-state index is -0.371. The number of hydrogen-bond acceptors (Lipinski definition) is 4. The Hall–Kier alpha value is -3.09. The van der Waals surface area contributed by atoms with Crippen molar-refractivity contribution < 1.29 is 14.1 Å². The molecule has 0 aliphatic carbocycles. The van der Waals surface area contributed by atoms with E-state index in [-0.39, 0.29) is 25.0 Å². The fourth-order valence-electron chi connectivity index (χ4n) is 2.15. The molecule has 7 heteroatoms. The van der Waals surface area contributed by atoms with Gasteiger partial charge in [-0.3, -0.25) is 4.79 Å². The topological polar surface area (TPSA) is 87.5 Å². The predicted octanol–water partition coefficient (Wildman–Crippen LogP) is 2.90. The molecule has 1 aromatic carbocycles. The minimum Gasteiger partial charge on any atom is -0.363 e. The second-order valence-corrected chi connectivity index (χ2v) is 5.04. The van der Waals surface area contributed by atoms with Crippen LogP contribution in [0.2, 0.25) is 0 Å². The first-order chi connectivity index (χ1) is 11.6. The molecule has 0 saturated heterocycles. The molecule has 1 heterocycles. The van der Waals surface area contributed by atoms with E-state index in [9.17, 15) is 9.59 Å². The van der Waals surface area contributed by atoms with Gasteiger partial charge in [-0.25, -0.2) is 4.79 Å². The van der Waals surface area contributed by atoms with Crippen LogP contribution in [0.1, 0.15) is 12.5 Å². The summed E-state index contributed by atoms with van der Waals surface area (Å²) >= 11 is 0. The number of amides is 3. The number of aromatic nitrogens is 1. The van der Waals surface area contributed by atoms with E-state index in [1.165, 1.54) is 17.2 Å². The molecule has 2 N–H and O–H groups in total. The van der Waals surface area contributed by atoms with E-state index in [2.05, 4.69) is 26.9 Å². The van der Waals surface area contributed by atoms with Crippen LogP contribution < -0.4 is 10.6 Å². The highest BCUT2D eigenvalue weighted by molar-refractivity contribution is 5.96. The van der Waals surface area contributed by atoms with Gasteiger partial charge < -0.3 is 20.1 Å². The van der Waals surface area contributed by atoms with Crippen molar-refractivity contribution in [2.45, 2.75) is 13.3 Å². The molecule has 2 rings (SSSR count). The molecule has 0 bridgehead atoms. The Morgan fingerprint density at radius 2 is 2.08 bits per heavy atom. The predicted molar refractivity (Wildman–Crippen MR) is 91.7 cm³/mol. The average Bonchev–Trinajstić information content (AvgIpc) is 3.07. The standard InChI is InChI=1S/C17H20N4O3/c1-3-10-21(12-16(22)19-15-9-11-24-20-15)17(23)18-14-8-6-5-7-13(14)4-2/h3,5-9,11H,1,4,10,12H2,2H3,(H,18,23)(H,19,20,22). The van der Waals surface area contributed by atoms with E-state index in [1.807, 2.05) is 31.2 Å². The number of urea groups is 1. The van der Waals surface area contributed by atoms with Crippen molar-refractivity contribution in [2.75, 3.05) is 23.7 Å². The Labute approximate surface area is 140 Å². The van der Waals surface area contributed by atoms with E-state index >= 15 is 0 Å². The summed E-state index contributed by atoms with van der Waals surface area (Å²) in [6.45, 7) is 5.75. The van der Waals surface area contributed by atoms with Crippen LogP contribution in [0.15, 0.2) is 53.8 Å². The first-order valence-electron chi connectivity index (χ1n) is 7.59. The average molecular weight is 328 g/mol. The summed E-state index contributed by atoms with van der Waals surface area (Å²) in [6, 6.07) is 8.70. The molecule has 0 saturated carbocycles.